The molecule has 2 atom stereocenters. The average Bonchev–Trinajstić information content (AvgIpc) is 3.30. The van der Waals surface area contributed by atoms with E-state index in [1.165, 1.54) is 5.56 Å². The van der Waals surface area contributed by atoms with Gasteiger partial charge in [-0.3, -0.25) is 9.59 Å². The Labute approximate surface area is 147 Å². The van der Waals surface area contributed by atoms with Crippen molar-refractivity contribution in [3.05, 3.63) is 29.8 Å². The summed E-state index contributed by atoms with van der Waals surface area (Å²) >= 11 is 1.67. The third-order valence-corrected chi connectivity index (χ3v) is 5.89. The molecule has 2 saturated heterocycles. The van der Waals surface area contributed by atoms with Gasteiger partial charge in [0.15, 0.2) is 0 Å². The number of thioether (sulfide) groups is 1. The number of hydrogen-bond donors (Lipinski definition) is 0. The van der Waals surface area contributed by atoms with Gasteiger partial charge in [-0.05, 0) is 24.1 Å². The van der Waals surface area contributed by atoms with Crippen molar-refractivity contribution in [2.45, 2.75) is 31.7 Å². The molecule has 6 heteroatoms. The Morgan fingerprint density at radius 3 is 2.71 bits per heavy atom. The highest BCUT2D eigenvalue weighted by Crippen LogP contribution is 2.31. The molecule has 24 heavy (non-hydrogen) atoms. The van der Waals surface area contributed by atoms with Crippen molar-refractivity contribution in [2.24, 2.45) is 0 Å². The summed E-state index contributed by atoms with van der Waals surface area (Å²) in [5, 5.41) is 0. The fourth-order valence-electron chi connectivity index (χ4n) is 3.42. The molecule has 0 N–H and O–H groups in total. The highest BCUT2D eigenvalue weighted by molar-refractivity contribution is 7.99. The first-order valence-corrected chi connectivity index (χ1v) is 9.59. The number of methoxy groups -OCH3 is 1. The SMILES string of the molecule is CCC(=O)N1CSC[C@H]1C(=O)N1CC[C@@H](c2ccc(OC)cc2)C1. The second-order valence-electron chi connectivity index (χ2n) is 6.28. The van der Waals surface area contributed by atoms with E-state index < -0.39 is 0 Å². The van der Waals surface area contributed by atoms with Gasteiger partial charge in [-0.15, -0.1) is 11.8 Å². The van der Waals surface area contributed by atoms with Gasteiger partial charge in [0.1, 0.15) is 11.8 Å². The summed E-state index contributed by atoms with van der Waals surface area (Å²) in [4.78, 5) is 28.6. The number of carbonyl (C=O) groups excluding carboxylic acids is 2. The summed E-state index contributed by atoms with van der Waals surface area (Å²) in [6, 6.07) is 7.81. The molecule has 1 aromatic carbocycles. The van der Waals surface area contributed by atoms with Crippen LogP contribution in [0.5, 0.6) is 5.75 Å². The maximum absolute atomic E-state index is 12.9. The van der Waals surface area contributed by atoms with Crippen molar-refractivity contribution in [3.63, 3.8) is 0 Å². The molecule has 0 unspecified atom stereocenters. The maximum Gasteiger partial charge on any atom is 0.246 e. The first-order chi connectivity index (χ1) is 11.6. The van der Waals surface area contributed by atoms with E-state index in [0.717, 1.165) is 25.3 Å². The summed E-state index contributed by atoms with van der Waals surface area (Å²) in [6.45, 7) is 3.35. The Kier molecular flexibility index (Phi) is 5.33. The van der Waals surface area contributed by atoms with Gasteiger partial charge in [0.05, 0.1) is 13.0 Å². The summed E-state index contributed by atoms with van der Waals surface area (Å²) in [6.07, 6.45) is 1.43. The van der Waals surface area contributed by atoms with E-state index in [1.807, 2.05) is 24.0 Å². The first-order valence-electron chi connectivity index (χ1n) is 8.44. The zero-order chi connectivity index (χ0) is 17.1. The summed E-state index contributed by atoms with van der Waals surface area (Å²) in [5.41, 5.74) is 1.24. The average molecular weight is 348 g/mol. The molecule has 0 radical (unpaired) electrons. The molecule has 2 fully saturated rings. The molecule has 0 spiro atoms. The number of nitrogens with zero attached hydrogens (tertiary/aromatic N) is 2. The third kappa shape index (κ3) is 3.38. The fourth-order valence-corrected chi connectivity index (χ4v) is 4.59. The minimum atomic E-state index is -0.280. The van der Waals surface area contributed by atoms with Crippen LogP contribution in [0, 0.1) is 0 Å². The molecule has 1 aromatic rings. The van der Waals surface area contributed by atoms with Gasteiger partial charge in [0.25, 0.3) is 0 Å². The second kappa shape index (κ2) is 7.47. The van der Waals surface area contributed by atoms with Crippen molar-refractivity contribution >= 4 is 23.6 Å². The number of likely N-dealkylation sites (tertiary alicyclic amines) is 1. The van der Waals surface area contributed by atoms with E-state index in [1.54, 1.807) is 23.8 Å². The number of carbonyl (C=O) groups is 2. The van der Waals surface area contributed by atoms with Gasteiger partial charge >= 0.3 is 0 Å². The standard InChI is InChI=1S/C18H24N2O3S/c1-3-17(21)20-12-24-11-16(20)18(22)19-9-8-14(10-19)13-4-6-15(23-2)7-5-13/h4-7,14,16H,3,8-12H2,1-2H3/t14-,16+/m1/s1. The van der Waals surface area contributed by atoms with Crippen LogP contribution in [0.25, 0.3) is 0 Å². The highest BCUT2D eigenvalue weighted by Gasteiger charge is 2.38. The van der Waals surface area contributed by atoms with Gasteiger partial charge in [0.2, 0.25) is 11.8 Å². The van der Waals surface area contributed by atoms with Gasteiger partial charge in [-0.1, -0.05) is 19.1 Å². The maximum atomic E-state index is 12.9. The Hall–Kier alpha value is -1.69. The Balaban J connectivity index is 1.64. The largest absolute Gasteiger partial charge is 0.497 e. The lowest BCUT2D eigenvalue weighted by Gasteiger charge is -2.27. The van der Waals surface area contributed by atoms with Crippen molar-refractivity contribution in [1.29, 1.82) is 0 Å². The summed E-state index contributed by atoms with van der Waals surface area (Å²) < 4.78 is 5.20. The number of ether oxygens (including phenoxy) is 1. The smallest absolute Gasteiger partial charge is 0.246 e. The molecule has 2 amide bonds. The van der Waals surface area contributed by atoms with Crippen LogP contribution in [0.3, 0.4) is 0 Å². The van der Waals surface area contributed by atoms with Crippen LogP contribution >= 0.6 is 11.8 Å². The van der Waals surface area contributed by atoms with Crippen molar-refractivity contribution in [2.75, 3.05) is 31.8 Å². The Morgan fingerprint density at radius 2 is 2.04 bits per heavy atom. The molecule has 0 saturated carbocycles. The van der Waals surface area contributed by atoms with Crippen LogP contribution < -0.4 is 4.74 Å². The number of benzene rings is 1. The Bertz CT molecular complexity index is 605. The number of rotatable bonds is 4. The van der Waals surface area contributed by atoms with Crippen LogP contribution in [0.15, 0.2) is 24.3 Å². The van der Waals surface area contributed by atoms with E-state index >= 15 is 0 Å². The minimum absolute atomic E-state index is 0.0734. The second-order valence-corrected chi connectivity index (χ2v) is 7.28. The van der Waals surface area contributed by atoms with E-state index in [9.17, 15) is 9.59 Å². The van der Waals surface area contributed by atoms with Gasteiger partial charge in [0, 0.05) is 31.2 Å². The van der Waals surface area contributed by atoms with Crippen molar-refractivity contribution < 1.29 is 14.3 Å². The molecule has 0 bridgehead atoms. The number of hydrogen-bond acceptors (Lipinski definition) is 4. The molecule has 2 heterocycles. The molecule has 2 aliphatic rings. The molecule has 3 rings (SSSR count). The lowest BCUT2D eigenvalue weighted by Crippen LogP contribution is -2.48. The topological polar surface area (TPSA) is 49.9 Å². The van der Waals surface area contributed by atoms with E-state index in [-0.39, 0.29) is 17.9 Å². The van der Waals surface area contributed by atoms with Gasteiger partial charge in [-0.25, -0.2) is 0 Å². The molecule has 2 aliphatic heterocycles. The van der Waals surface area contributed by atoms with Crippen LogP contribution in [0.2, 0.25) is 0 Å². The highest BCUT2D eigenvalue weighted by atomic mass is 32.2. The van der Waals surface area contributed by atoms with Crippen molar-refractivity contribution in [1.82, 2.24) is 9.80 Å². The van der Waals surface area contributed by atoms with Crippen LogP contribution in [0.1, 0.15) is 31.2 Å². The fraction of sp³-hybridized carbons (Fsp3) is 0.556. The summed E-state index contributed by atoms with van der Waals surface area (Å²) in [5.74, 6) is 2.75. The van der Waals surface area contributed by atoms with Crippen LogP contribution in [-0.4, -0.2) is 59.5 Å². The van der Waals surface area contributed by atoms with Gasteiger partial charge in [-0.2, -0.15) is 0 Å². The van der Waals surface area contributed by atoms with Gasteiger partial charge < -0.3 is 14.5 Å². The predicted octanol–water partition coefficient (Wildman–Crippen LogP) is 2.32. The monoisotopic (exact) mass is 348 g/mol. The Morgan fingerprint density at radius 1 is 1.29 bits per heavy atom. The van der Waals surface area contributed by atoms with Crippen LogP contribution in [-0.2, 0) is 9.59 Å². The first kappa shape index (κ1) is 17.1. The minimum Gasteiger partial charge on any atom is -0.497 e. The van der Waals surface area contributed by atoms with E-state index in [4.69, 9.17) is 4.74 Å². The zero-order valence-corrected chi connectivity index (χ0v) is 15.1. The van der Waals surface area contributed by atoms with Crippen LogP contribution in [0.4, 0.5) is 0 Å². The number of amides is 2. The lowest BCUT2D eigenvalue weighted by atomic mass is 9.98. The molecular formula is C18H24N2O3S. The quantitative estimate of drug-likeness (QED) is 0.838. The lowest BCUT2D eigenvalue weighted by molar-refractivity contribution is -0.142. The normalized spacial score (nSPS) is 23.6. The zero-order valence-electron chi connectivity index (χ0n) is 14.2. The third-order valence-electron chi connectivity index (χ3n) is 4.88. The van der Waals surface area contributed by atoms with E-state index in [0.29, 0.717) is 24.0 Å². The molecule has 0 aliphatic carbocycles. The molecular weight excluding hydrogens is 324 g/mol. The predicted molar refractivity (Wildman–Crippen MR) is 95.2 cm³/mol. The summed E-state index contributed by atoms with van der Waals surface area (Å²) in [7, 11) is 1.66. The van der Waals surface area contributed by atoms with Crippen molar-refractivity contribution in [3.8, 4) is 5.75 Å². The van der Waals surface area contributed by atoms with E-state index in [2.05, 4.69) is 12.1 Å². The molecule has 5 nitrogen and oxygen atoms in total. The molecule has 0 aromatic heterocycles. The molecule has 130 valence electrons.